The van der Waals surface area contributed by atoms with Crippen LogP contribution < -0.4 is 0 Å². The first-order valence-electron chi connectivity index (χ1n) is 8.57. The Morgan fingerprint density at radius 2 is 2.15 bits per heavy atom. The highest BCUT2D eigenvalue weighted by atomic mass is 19.1. The molecule has 1 aromatic carbocycles. The van der Waals surface area contributed by atoms with E-state index < -0.39 is 0 Å². The van der Waals surface area contributed by atoms with Crippen molar-refractivity contribution in [3.8, 4) is 11.3 Å². The smallest absolute Gasteiger partial charge is 0.123 e. The minimum absolute atomic E-state index is 0.201. The van der Waals surface area contributed by atoms with Crippen LogP contribution in [0.3, 0.4) is 0 Å². The Morgan fingerprint density at radius 1 is 1.27 bits per heavy atom. The Labute approximate surface area is 151 Å². The van der Waals surface area contributed by atoms with E-state index >= 15 is 0 Å². The van der Waals surface area contributed by atoms with Crippen molar-refractivity contribution >= 4 is 0 Å². The Morgan fingerprint density at radius 3 is 2.96 bits per heavy atom. The van der Waals surface area contributed by atoms with E-state index in [0.29, 0.717) is 24.4 Å². The Hall–Kier alpha value is -2.64. The van der Waals surface area contributed by atoms with Crippen molar-refractivity contribution < 1.29 is 9.13 Å². The van der Waals surface area contributed by atoms with Gasteiger partial charge in [0, 0.05) is 56.4 Å². The lowest BCUT2D eigenvalue weighted by atomic mass is 10.0. The summed E-state index contributed by atoms with van der Waals surface area (Å²) in [6, 6.07) is 6.42. The van der Waals surface area contributed by atoms with Crippen LogP contribution in [0.25, 0.3) is 11.3 Å². The fourth-order valence-corrected chi connectivity index (χ4v) is 3.27. The predicted octanol–water partition coefficient (Wildman–Crippen LogP) is 2.59. The molecular weight excluding hydrogens is 333 g/mol. The van der Waals surface area contributed by atoms with Gasteiger partial charge in [-0.2, -0.15) is 5.10 Å². The molecule has 1 atom stereocenters. The fraction of sp³-hybridized carbons (Fsp3) is 0.316. The molecule has 0 N–H and O–H groups in total. The van der Waals surface area contributed by atoms with E-state index in [2.05, 4.69) is 20.0 Å². The average molecular weight is 353 g/mol. The minimum atomic E-state index is -0.290. The number of halogens is 1. The molecule has 3 heterocycles. The van der Waals surface area contributed by atoms with Gasteiger partial charge in [-0.15, -0.1) is 0 Å². The Balaban J connectivity index is 1.57. The molecule has 7 heteroatoms. The van der Waals surface area contributed by atoms with Gasteiger partial charge in [0.25, 0.3) is 0 Å². The molecule has 2 aromatic heterocycles. The van der Waals surface area contributed by atoms with Crippen LogP contribution >= 0.6 is 0 Å². The summed E-state index contributed by atoms with van der Waals surface area (Å²) in [4.78, 5) is 11.3. The highest BCUT2D eigenvalue weighted by Crippen LogP contribution is 2.29. The maximum absolute atomic E-state index is 13.6. The van der Waals surface area contributed by atoms with Gasteiger partial charge in [0.15, 0.2) is 0 Å². The Bertz CT molecular complexity index is 897. The molecule has 0 radical (unpaired) electrons. The number of ether oxygens (including phenoxy) is 1. The summed E-state index contributed by atoms with van der Waals surface area (Å²) >= 11 is 0. The molecule has 26 heavy (non-hydrogen) atoms. The molecular formula is C19H20FN5O. The number of hydrogen-bond donors (Lipinski definition) is 0. The summed E-state index contributed by atoms with van der Waals surface area (Å²) in [6.07, 6.45) is 6.98. The topological polar surface area (TPSA) is 56.1 Å². The molecule has 0 aliphatic carbocycles. The lowest BCUT2D eigenvalue weighted by Crippen LogP contribution is -2.38. The SMILES string of the molecule is Cn1cc(CN2CCO[C@H](c3nccnc3-c3cccc(F)c3)C2)cn1. The van der Waals surface area contributed by atoms with Gasteiger partial charge in [0.05, 0.1) is 24.2 Å². The highest BCUT2D eigenvalue weighted by molar-refractivity contribution is 5.61. The number of rotatable bonds is 4. The van der Waals surface area contributed by atoms with Gasteiger partial charge in [-0.25, -0.2) is 4.39 Å². The van der Waals surface area contributed by atoms with Gasteiger partial charge >= 0.3 is 0 Å². The molecule has 134 valence electrons. The van der Waals surface area contributed by atoms with E-state index in [1.165, 1.54) is 12.1 Å². The standard InChI is InChI=1S/C19H20FN5O/c1-24-11-14(10-23-24)12-25-7-8-26-17(13-25)19-18(21-5-6-22-19)15-3-2-4-16(20)9-15/h2-6,9-11,17H,7-8,12-13H2,1H3/t17-/m0/s1. The van der Waals surface area contributed by atoms with Gasteiger partial charge in [0.2, 0.25) is 0 Å². The monoisotopic (exact) mass is 353 g/mol. The van der Waals surface area contributed by atoms with Crippen LogP contribution in [-0.2, 0) is 18.3 Å². The number of aromatic nitrogens is 4. The van der Waals surface area contributed by atoms with E-state index in [1.54, 1.807) is 23.1 Å². The van der Waals surface area contributed by atoms with Gasteiger partial charge in [0.1, 0.15) is 11.9 Å². The van der Waals surface area contributed by atoms with Crippen LogP contribution in [0.2, 0.25) is 0 Å². The lowest BCUT2D eigenvalue weighted by Gasteiger charge is -2.32. The molecule has 3 aromatic rings. The maximum Gasteiger partial charge on any atom is 0.123 e. The van der Waals surface area contributed by atoms with E-state index in [4.69, 9.17) is 4.74 Å². The van der Waals surface area contributed by atoms with E-state index in [1.807, 2.05) is 25.5 Å². The minimum Gasteiger partial charge on any atom is -0.369 e. The molecule has 6 nitrogen and oxygen atoms in total. The third kappa shape index (κ3) is 3.63. The average Bonchev–Trinajstić information content (AvgIpc) is 3.07. The summed E-state index contributed by atoms with van der Waals surface area (Å²) in [5, 5.41) is 4.22. The molecule has 0 amide bonds. The van der Waals surface area contributed by atoms with Gasteiger partial charge in [-0.3, -0.25) is 19.5 Å². The summed E-state index contributed by atoms with van der Waals surface area (Å²) in [7, 11) is 1.91. The molecule has 0 bridgehead atoms. The van der Waals surface area contributed by atoms with Crippen LogP contribution in [0.4, 0.5) is 4.39 Å². The first-order valence-corrected chi connectivity index (χ1v) is 8.57. The van der Waals surface area contributed by atoms with Crippen molar-refractivity contribution in [3.05, 3.63) is 66.1 Å². The van der Waals surface area contributed by atoms with Crippen molar-refractivity contribution in [2.24, 2.45) is 7.05 Å². The highest BCUT2D eigenvalue weighted by Gasteiger charge is 2.26. The van der Waals surface area contributed by atoms with Crippen molar-refractivity contribution in [2.45, 2.75) is 12.6 Å². The predicted molar refractivity (Wildman–Crippen MR) is 94.6 cm³/mol. The van der Waals surface area contributed by atoms with E-state index in [9.17, 15) is 4.39 Å². The zero-order valence-corrected chi connectivity index (χ0v) is 14.5. The van der Waals surface area contributed by atoms with E-state index in [0.717, 1.165) is 24.3 Å². The van der Waals surface area contributed by atoms with Gasteiger partial charge in [-0.1, -0.05) is 12.1 Å². The number of hydrogen-bond acceptors (Lipinski definition) is 5. The number of nitrogens with zero attached hydrogens (tertiary/aromatic N) is 5. The quantitative estimate of drug-likeness (QED) is 0.722. The third-order valence-electron chi connectivity index (χ3n) is 4.44. The summed E-state index contributed by atoms with van der Waals surface area (Å²) in [5.74, 6) is -0.290. The zero-order chi connectivity index (χ0) is 17.9. The fourth-order valence-electron chi connectivity index (χ4n) is 3.27. The van der Waals surface area contributed by atoms with Gasteiger partial charge < -0.3 is 4.74 Å². The largest absolute Gasteiger partial charge is 0.369 e. The third-order valence-corrected chi connectivity index (χ3v) is 4.44. The summed E-state index contributed by atoms with van der Waals surface area (Å²) < 4.78 is 21.4. The van der Waals surface area contributed by atoms with Gasteiger partial charge in [-0.05, 0) is 12.1 Å². The molecule has 1 aliphatic rings. The zero-order valence-electron chi connectivity index (χ0n) is 14.5. The number of aryl methyl sites for hydroxylation is 1. The molecule has 1 aliphatic heterocycles. The second-order valence-electron chi connectivity index (χ2n) is 6.42. The van der Waals surface area contributed by atoms with Crippen molar-refractivity contribution in [1.82, 2.24) is 24.6 Å². The second kappa shape index (κ2) is 7.31. The van der Waals surface area contributed by atoms with Crippen LogP contribution in [0.15, 0.2) is 49.1 Å². The number of morpholine rings is 1. The second-order valence-corrected chi connectivity index (χ2v) is 6.42. The molecule has 0 spiro atoms. The van der Waals surface area contributed by atoms with E-state index in [-0.39, 0.29) is 11.9 Å². The van der Waals surface area contributed by atoms with Crippen LogP contribution in [0.5, 0.6) is 0 Å². The van der Waals surface area contributed by atoms with Crippen molar-refractivity contribution in [2.75, 3.05) is 19.7 Å². The molecule has 0 unspecified atom stereocenters. The maximum atomic E-state index is 13.6. The van der Waals surface area contributed by atoms with Crippen LogP contribution in [-0.4, -0.2) is 44.3 Å². The van der Waals surface area contributed by atoms with Crippen molar-refractivity contribution in [1.29, 1.82) is 0 Å². The molecule has 1 fully saturated rings. The summed E-state index contributed by atoms with van der Waals surface area (Å²) in [5.41, 5.74) is 3.29. The normalized spacial score (nSPS) is 18.2. The van der Waals surface area contributed by atoms with Crippen molar-refractivity contribution in [3.63, 3.8) is 0 Å². The molecule has 4 rings (SSSR count). The van der Waals surface area contributed by atoms with Crippen LogP contribution in [0, 0.1) is 5.82 Å². The number of benzene rings is 1. The summed E-state index contributed by atoms with van der Waals surface area (Å²) in [6.45, 7) is 2.98. The molecule has 1 saturated heterocycles. The van der Waals surface area contributed by atoms with Crippen LogP contribution in [0.1, 0.15) is 17.4 Å². The first-order chi connectivity index (χ1) is 12.7. The Kier molecular flexibility index (Phi) is 4.73. The lowest BCUT2D eigenvalue weighted by molar-refractivity contribution is -0.0348. The molecule has 0 saturated carbocycles. The first kappa shape index (κ1) is 16.8.